The van der Waals surface area contributed by atoms with Crippen molar-refractivity contribution in [3.63, 3.8) is 0 Å². The predicted molar refractivity (Wildman–Crippen MR) is 143 cm³/mol. The van der Waals surface area contributed by atoms with Crippen molar-refractivity contribution < 1.29 is 19.7 Å². The van der Waals surface area contributed by atoms with Gasteiger partial charge in [-0.3, -0.25) is 4.79 Å². The van der Waals surface area contributed by atoms with Gasteiger partial charge < -0.3 is 20.9 Å². The number of amides is 1. The Bertz CT molecular complexity index is 1310. The molecule has 1 amide bonds. The van der Waals surface area contributed by atoms with E-state index in [1.807, 2.05) is 34.7 Å². The number of methoxy groups -OCH3 is 2. The summed E-state index contributed by atoms with van der Waals surface area (Å²) in [6, 6.07) is 12.2. The Morgan fingerprint density at radius 1 is 1.22 bits per heavy atom. The molecule has 0 unspecified atom stereocenters. The molecule has 0 saturated heterocycles. The summed E-state index contributed by atoms with van der Waals surface area (Å²) in [5.74, 6) is 1.91. The minimum atomic E-state index is -0.0808. The summed E-state index contributed by atoms with van der Waals surface area (Å²) >= 11 is 0. The van der Waals surface area contributed by atoms with Crippen LogP contribution in [-0.4, -0.2) is 35.1 Å². The molecule has 2 aromatic carbocycles. The Morgan fingerprint density at radius 2 is 2.00 bits per heavy atom. The fourth-order valence-corrected chi connectivity index (χ4v) is 4.77. The summed E-state index contributed by atoms with van der Waals surface area (Å²) in [5.41, 5.74) is 18.5. The van der Waals surface area contributed by atoms with Crippen LogP contribution in [0.5, 0.6) is 11.5 Å². The number of hydrogen-bond acceptors (Lipinski definition) is 7. The number of rotatable bonds is 8. The van der Waals surface area contributed by atoms with Crippen LogP contribution >= 0.6 is 0 Å². The van der Waals surface area contributed by atoms with Crippen LogP contribution in [0.15, 0.2) is 48.7 Å². The lowest BCUT2D eigenvalue weighted by Crippen LogP contribution is -2.95. The van der Waals surface area contributed by atoms with E-state index in [9.17, 15) is 4.79 Å². The third-order valence-corrected chi connectivity index (χ3v) is 6.49. The van der Waals surface area contributed by atoms with E-state index in [-0.39, 0.29) is 17.9 Å². The Morgan fingerprint density at radius 3 is 2.70 bits per heavy atom. The fourth-order valence-electron chi connectivity index (χ4n) is 4.77. The molecule has 37 heavy (non-hydrogen) atoms. The third kappa shape index (κ3) is 5.83. The monoisotopic (exact) mass is 503 g/mol. The maximum absolute atomic E-state index is 13.5. The number of aromatic nitrogens is 2. The van der Waals surface area contributed by atoms with Gasteiger partial charge in [-0.15, -0.1) is 0 Å². The van der Waals surface area contributed by atoms with Crippen molar-refractivity contribution in [3.05, 3.63) is 76.5 Å². The van der Waals surface area contributed by atoms with Gasteiger partial charge in [0, 0.05) is 35.4 Å². The van der Waals surface area contributed by atoms with Crippen molar-refractivity contribution >= 4 is 23.7 Å². The minimum Gasteiger partial charge on any atom is -0.493 e. The Hall–Kier alpha value is -4.11. The van der Waals surface area contributed by atoms with Crippen LogP contribution in [-0.2, 0) is 17.8 Å². The zero-order valence-corrected chi connectivity index (χ0v) is 21.8. The molecular weight excluding hydrogens is 468 g/mol. The first-order chi connectivity index (χ1) is 17.8. The van der Waals surface area contributed by atoms with Gasteiger partial charge in [-0.05, 0) is 41.7 Å². The van der Waals surface area contributed by atoms with E-state index in [0.29, 0.717) is 29.7 Å². The standard InChI is InChI=1S/C28H34N6O3/c1-17(2)11-23-22-8-6-5-7-20(22)16-32-34(23)25(35)10-9-19-12-18(14-24(36-3)26(19)37-4)13-21-15-31-28(30)33-27(21)29/h5-10,12,14-15,17,23,32H,11,13,16H2,1-4H3,(H4,29,30,31,33)/p+1/b10-9+/t23-/m1/s1. The van der Waals surface area contributed by atoms with Gasteiger partial charge in [-0.25, -0.2) is 10.4 Å². The Labute approximate surface area is 217 Å². The second kappa shape index (κ2) is 11.3. The van der Waals surface area contributed by atoms with Gasteiger partial charge in [0.25, 0.3) is 5.91 Å². The molecule has 9 nitrogen and oxygen atoms in total. The average molecular weight is 504 g/mol. The summed E-state index contributed by atoms with van der Waals surface area (Å²) < 4.78 is 11.2. The van der Waals surface area contributed by atoms with Crippen LogP contribution in [0, 0.1) is 5.92 Å². The molecule has 194 valence electrons. The molecule has 0 bridgehead atoms. The van der Waals surface area contributed by atoms with Crippen molar-refractivity contribution in [3.8, 4) is 11.5 Å². The first-order valence-corrected chi connectivity index (χ1v) is 12.3. The van der Waals surface area contributed by atoms with E-state index >= 15 is 0 Å². The van der Waals surface area contributed by atoms with Crippen LogP contribution in [0.4, 0.5) is 11.8 Å². The molecule has 4 rings (SSSR count). The fraction of sp³-hybridized carbons (Fsp3) is 0.321. The number of nitrogens with two attached hydrogens (primary N) is 3. The number of hydrogen-bond donors (Lipinski definition) is 3. The number of nitrogen functional groups attached to an aromatic ring is 2. The van der Waals surface area contributed by atoms with E-state index in [0.717, 1.165) is 29.7 Å². The topological polar surface area (TPSA) is 133 Å². The molecule has 1 aliphatic heterocycles. The quantitative estimate of drug-likeness (QED) is 0.244. The van der Waals surface area contributed by atoms with Crippen LogP contribution in [0.2, 0.25) is 0 Å². The smallest absolute Gasteiger partial charge is 0.291 e. The molecule has 1 aliphatic rings. The van der Waals surface area contributed by atoms with Crippen LogP contribution in [0.1, 0.15) is 54.1 Å². The lowest BCUT2D eigenvalue weighted by molar-refractivity contribution is -0.811. The average Bonchev–Trinajstić information content (AvgIpc) is 2.88. The molecule has 3 aromatic rings. The van der Waals surface area contributed by atoms with E-state index in [2.05, 4.69) is 35.9 Å². The highest BCUT2D eigenvalue weighted by Gasteiger charge is 2.33. The Kier molecular flexibility index (Phi) is 7.93. The van der Waals surface area contributed by atoms with E-state index < -0.39 is 0 Å². The predicted octanol–water partition coefficient (Wildman–Crippen LogP) is 2.87. The molecule has 1 atom stereocenters. The highest BCUT2D eigenvalue weighted by Crippen LogP contribution is 2.35. The molecule has 0 radical (unpaired) electrons. The number of ether oxygens (including phenoxy) is 2. The van der Waals surface area contributed by atoms with Crippen LogP contribution in [0.25, 0.3) is 6.08 Å². The molecular formula is C28H35N6O3+. The van der Waals surface area contributed by atoms with Crippen molar-refractivity contribution in [2.75, 3.05) is 25.7 Å². The second-order valence-corrected chi connectivity index (χ2v) is 9.55. The normalized spacial score (nSPS) is 15.2. The number of benzene rings is 2. The van der Waals surface area contributed by atoms with Gasteiger partial charge in [0.15, 0.2) is 11.5 Å². The van der Waals surface area contributed by atoms with Gasteiger partial charge in [0.2, 0.25) is 5.95 Å². The number of anilines is 2. The van der Waals surface area contributed by atoms with E-state index in [4.69, 9.17) is 20.9 Å². The zero-order valence-electron chi connectivity index (χ0n) is 21.8. The van der Waals surface area contributed by atoms with Crippen LogP contribution in [0.3, 0.4) is 0 Å². The van der Waals surface area contributed by atoms with Crippen LogP contribution < -0.4 is 26.4 Å². The largest absolute Gasteiger partial charge is 0.493 e. The molecule has 0 aliphatic carbocycles. The highest BCUT2D eigenvalue weighted by molar-refractivity contribution is 5.92. The number of fused-ring (bicyclic) bond motifs is 1. The van der Waals surface area contributed by atoms with Crippen molar-refractivity contribution in [1.82, 2.24) is 15.0 Å². The summed E-state index contributed by atoms with van der Waals surface area (Å²) in [5, 5.41) is 1.86. The molecule has 2 heterocycles. The van der Waals surface area contributed by atoms with Gasteiger partial charge in [0.1, 0.15) is 18.4 Å². The zero-order chi connectivity index (χ0) is 26.5. The van der Waals surface area contributed by atoms with Gasteiger partial charge >= 0.3 is 0 Å². The first kappa shape index (κ1) is 26.0. The maximum atomic E-state index is 13.5. The molecule has 6 N–H and O–H groups in total. The SMILES string of the molecule is COc1cc(Cc2cnc(N)nc2N)cc(/C=C/C(=O)N2[NH2+]Cc3ccccc3[C@H]2CC(C)C)c1OC. The van der Waals surface area contributed by atoms with Crippen molar-refractivity contribution in [2.24, 2.45) is 5.92 Å². The minimum absolute atomic E-state index is 0.00152. The molecule has 0 spiro atoms. The summed E-state index contributed by atoms with van der Waals surface area (Å²) in [6.07, 6.45) is 6.34. The highest BCUT2D eigenvalue weighted by atomic mass is 16.5. The van der Waals surface area contributed by atoms with Gasteiger partial charge in [-0.2, -0.15) is 9.99 Å². The van der Waals surface area contributed by atoms with E-state index in [1.165, 1.54) is 11.1 Å². The number of nitrogens with zero attached hydrogens (tertiary/aromatic N) is 3. The number of quaternary nitrogens is 1. The first-order valence-electron chi connectivity index (χ1n) is 12.3. The van der Waals surface area contributed by atoms with Gasteiger partial charge in [-0.1, -0.05) is 38.1 Å². The maximum Gasteiger partial charge on any atom is 0.291 e. The number of carbonyl (C=O) groups is 1. The lowest BCUT2D eigenvalue weighted by Gasteiger charge is -2.34. The van der Waals surface area contributed by atoms with Gasteiger partial charge in [0.05, 0.1) is 14.2 Å². The van der Waals surface area contributed by atoms with Crippen molar-refractivity contribution in [2.45, 2.75) is 39.3 Å². The van der Waals surface area contributed by atoms with E-state index in [1.54, 1.807) is 32.6 Å². The Balaban J connectivity index is 1.64. The second-order valence-electron chi connectivity index (χ2n) is 9.55. The lowest BCUT2D eigenvalue weighted by atomic mass is 9.91. The molecule has 9 heteroatoms. The molecule has 1 aromatic heterocycles. The summed E-state index contributed by atoms with van der Waals surface area (Å²) in [7, 11) is 3.16. The summed E-state index contributed by atoms with van der Waals surface area (Å²) in [4.78, 5) is 21.6. The summed E-state index contributed by atoms with van der Waals surface area (Å²) in [6.45, 7) is 5.08. The number of carbonyl (C=O) groups excluding carboxylic acids is 1. The van der Waals surface area contributed by atoms with Crippen molar-refractivity contribution in [1.29, 1.82) is 0 Å². The molecule has 0 fully saturated rings. The third-order valence-electron chi connectivity index (χ3n) is 6.49. The molecule has 0 saturated carbocycles.